The van der Waals surface area contributed by atoms with Crippen molar-refractivity contribution < 1.29 is 18.8 Å². The molecule has 1 saturated carbocycles. The van der Waals surface area contributed by atoms with Crippen molar-refractivity contribution in [3.05, 3.63) is 28.1 Å². The Bertz CT molecular complexity index is 793. The molecular formula is C16H17N3O4S. The van der Waals surface area contributed by atoms with Crippen LogP contribution in [-0.4, -0.2) is 28.6 Å². The van der Waals surface area contributed by atoms with Gasteiger partial charge in [-0.15, -0.1) is 11.3 Å². The second-order valence-corrected chi connectivity index (χ2v) is 7.10. The molecule has 126 valence electrons. The maximum absolute atomic E-state index is 12.3. The molecule has 2 aliphatic carbocycles. The number of hydrogen-bond acceptors (Lipinski definition) is 7. The van der Waals surface area contributed by atoms with Crippen molar-refractivity contribution in [2.45, 2.75) is 44.4 Å². The molecule has 0 bridgehead atoms. The molecule has 7 nitrogen and oxygen atoms in total. The molecule has 1 N–H and O–H groups in total. The minimum Gasteiger partial charge on any atom is -0.465 e. The van der Waals surface area contributed by atoms with Gasteiger partial charge in [-0.3, -0.25) is 14.9 Å². The first-order valence-electron chi connectivity index (χ1n) is 8.10. The molecule has 1 amide bonds. The van der Waals surface area contributed by atoms with Crippen LogP contribution in [0.1, 0.15) is 64.8 Å². The summed E-state index contributed by atoms with van der Waals surface area (Å²) in [5.41, 5.74) is 0.988. The third-order valence-corrected chi connectivity index (χ3v) is 5.30. The van der Waals surface area contributed by atoms with Crippen molar-refractivity contribution in [2.24, 2.45) is 0 Å². The summed E-state index contributed by atoms with van der Waals surface area (Å²) in [5.74, 6) is 0.267. The number of carbonyl (C=O) groups is 2. The number of esters is 1. The van der Waals surface area contributed by atoms with Crippen molar-refractivity contribution in [3.8, 4) is 0 Å². The lowest BCUT2D eigenvalue weighted by Gasteiger charge is -2.07. The van der Waals surface area contributed by atoms with Gasteiger partial charge < -0.3 is 9.26 Å². The fourth-order valence-corrected chi connectivity index (χ4v) is 3.90. The zero-order valence-corrected chi connectivity index (χ0v) is 14.0. The number of aromatic nitrogens is 2. The molecule has 0 radical (unpaired) electrons. The standard InChI is InChI=1S/C16H17N3O4S/c1-2-22-15(21)9-5-6-12-13(9)17-16(24-12)18-14(20)10-7-11(23-19-10)8-3-4-8/h7-9H,2-6H2,1H3,(H,17,18,20). The van der Waals surface area contributed by atoms with E-state index in [1.165, 1.54) is 11.3 Å². The minimum atomic E-state index is -0.342. The number of aryl methyl sites for hydroxylation is 1. The van der Waals surface area contributed by atoms with E-state index in [1.807, 2.05) is 0 Å². The second-order valence-electron chi connectivity index (χ2n) is 6.01. The highest BCUT2D eigenvalue weighted by Gasteiger charge is 2.34. The Hall–Kier alpha value is -2.22. The summed E-state index contributed by atoms with van der Waals surface area (Å²) >= 11 is 1.40. The third-order valence-electron chi connectivity index (χ3n) is 4.25. The number of amides is 1. The maximum atomic E-state index is 12.3. The van der Waals surface area contributed by atoms with Gasteiger partial charge in [-0.25, -0.2) is 4.98 Å². The molecular weight excluding hydrogens is 330 g/mol. The number of fused-ring (bicyclic) bond motifs is 1. The number of nitrogens with one attached hydrogen (secondary N) is 1. The number of ether oxygens (including phenoxy) is 1. The minimum absolute atomic E-state index is 0.245. The van der Waals surface area contributed by atoms with E-state index < -0.39 is 0 Å². The van der Waals surface area contributed by atoms with Gasteiger partial charge in [0, 0.05) is 16.9 Å². The first kappa shape index (κ1) is 15.3. The van der Waals surface area contributed by atoms with E-state index in [9.17, 15) is 9.59 Å². The number of carbonyl (C=O) groups excluding carboxylic acids is 2. The zero-order chi connectivity index (χ0) is 16.7. The second kappa shape index (κ2) is 6.01. The van der Waals surface area contributed by atoms with Gasteiger partial charge in [0.15, 0.2) is 10.8 Å². The van der Waals surface area contributed by atoms with Gasteiger partial charge in [0.25, 0.3) is 5.91 Å². The summed E-state index contributed by atoms with van der Waals surface area (Å²) in [4.78, 5) is 29.7. The molecule has 2 aromatic heterocycles. The van der Waals surface area contributed by atoms with E-state index in [0.717, 1.165) is 42.0 Å². The average Bonchev–Trinajstić information content (AvgIpc) is 2.97. The molecule has 4 rings (SSSR count). The van der Waals surface area contributed by atoms with Crippen LogP contribution >= 0.6 is 11.3 Å². The molecule has 2 aliphatic rings. The fourth-order valence-electron chi connectivity index (χ4n) is 2.87. The first-order valence-corrected chi connectivity index (χ1v) is 8.91. The highest BCUT2D eigenvalue weighted by Crippen LogP contribution is 2.41. The predicted octanol–water partition coefficient (Wildman–Crippen LogP) is 2.85. The van der Waals surface area contributed by atoms with E-state index >= 15 is 0 Å². The Kier molecular flexibility index (Phi) is 3.84. The van der Waals surface area contributed by atoms with Crippen LogP contribution in [0.5, 0.6) is 0 Å². The van der Waals surface area contributed by atoms with E-state index in [1.54, 1.807) is 13.0 Å². The Morgan fingerprint density at radius 2 is 2.25 bits per heavy atom. The van der Waals surface area contributed by atoms with Gasteiger partial charge in [0.1, 0.15) is 11.7 Å². The number of rotatable bonds is 5. The van der Waals surface area contributed by atoms with Crippen LogP contribution in [0.25, 0.3) is 0 Å². The normalized spacial score (nSPS) is 19.1. The molecule has 1 unspecified atom stereocenters. The SMILES string of the molecule is CCOC(=O)C1CCc2sc(NC(=O)c3cc(C4CC4)on3)nc21. The summed E-state index contributed by atoms with van der Waals surface area (Å²) in [7, 11) is 0. The molecule has 1 atom stereocenters. The molecule has 1 fully saturated rings. The number of anilines is 1. The van der Waals surface area contributed by atoms with Crippen molar-refractivity contribution in [2.75, 3.05) is 11.9 Å². The van der Waals surface area contributed by atoms with Gasteiger partial charge >= 0.3 is 5.97 Å². The van der Waals surface area contributed by atoms with Crippen molar-refractivity contribution in [1.29, 1.82) is 0 Å². The van der Waals surface area contributed by atoms with Crippen LogP contribution in [0, 0.1) is 0 Å². The van der Waals surface area contributed by atoms with E-state index in [-0.39, 0.29) is 23.5 Å². The summed E-state index contributed by atoms with van der Waals surface area (Å²) < 4.78 is 10.3. The molecule has 0 saturated heterocycles. The van der Waals surface area contributed by atoms with E-state index in [2.05, 4.69) is 15.5 Å². The van der Waals surface area contributed by atoms with E-state index in [4.69, 9.17) is 9.26 Å². The Labute approximate surface area is 142 Å². The van der Waals surface area contributed by atoms with Gasteiger partial charge in [-0.05, 0) is 32.6 Å². The molecule has 24 heavy (non-hydrogen) atoms. The molecule has 0 aliphatic heterocycles. The van der Waals surface area contributed by atoms with E-state index in [0.29, 0.717) is 17.7 Å². The molecule has 0 aromatic carbocycles. The Balaban J connectivity index is 1.46. The smallest absolute Gasteiger partial charge is 0.315 e. The van der Waals surface area contributed by atoms with Gasteiger partial charge in [0.2, 0.25) is 0 Å². The van der Waals surface area contributed by atoms with Gasteiger partial charge in [0.05, 0.1) is 12.3 Å². The Morgan fingerprint density at radius 1 is 1.42 bits per heavy atom. The third kappa shape index (κ3) is 2.82. The lowest BCUT2D eigenvalue weighted by atomic mass is 10.1. The van der Waals surface area contributed by atoms with Gasteiger partial charge in [-0.2, -0.15) is 0 Å². The summed E-state index contributed by atoms with van der Waals surface area (Å²) in [5, 5.41) is 7.05. The van der Waals surface area contributed by atoms with Crippen LogP contribution in [-0.2, 0) is 16.0 Å². The lowest BCUT2D eigenvalue weighted by molar-refractivity contribution is -0.145. The van der Waals surface area contributed by atoms with Crippen LogP contribution in [0.4, 0.5) is 5.13 Å². The van der Waals surface area contributed by atoms with Crippen LogP contribution in [0.2, 0.25) is 0 Å². The summed E-state index contributed by atoms with van der Waals surface area (Å²) in [6.07, 6.45) is 3.67. The summed E-state index contributed by atoms with van der Waals surface area (Å²) in [6, 6.07) is 1.69. The topological polar surface area (TPSA) is 94.3 Å². The highest BCUT2D eigenvalue weighted by atomic mass is 32.1. The van der Waals surface area contributed by atoms with Crippen LogP contribution in [0.3, 0.4) is 0 Å². The predicted molar refractivity (Wildman–Crippen MR) is 86.2 cm³/mol. The zero-order valence-electron chi connectivity index (χ0n) is 13.2. The first-order chi connectivity index (χ1) is 11.7. The number of hydrogen-bond donors (Lipinski definition) is 1. The van der Waals surface area contributed by atoms with Crippen molar-refractivity contribution in [3.63, 3.8) is 0 Å². The van der Waals surface area contributed by atoms with Crippen LogP contribution < -0.4 is 5.32 Å². The monoisotopic (exact) mass is 347 g/mol. The quantitative estimate of drug-likeness (QED) is 0.836. The van der Waals surface area contributed by atoms with Crippen molar-refractivity contribution in [1.82, 2.24) is 10.1 Å². The maximum Gasteiger partial charge on any atom is 0.315 e. The average molecular weight is 347 g/mol. The number of thiazole rings is 1. The van der Waals surface area contributed by atoms with Crippen LogP contribution in [0.15, 0.2) is 10.6 Å². The molecule has 0 spiro atoms. The lowest BCUT2D eigenvalue weighted by Crippen LogP contribution is -2.15. The Morgan fingerprint density at radius 3 is 3.00 bits per heavy atom. The highest BCUT2D eigenvalue weighted by molar-refractivity contribution is 7.16. The largest absolute Gasteiger partial charge is 0.465 e. The molecule has 2 aromatic rings. The van der Waals surface area contributed by atoms with Crippen molar-refractivity contribution >= 4 is 28.3 Å². The molecule has 8 heteroatoms. The fraction of sp³-hybridized carbons (Fsp3) is 0.500. The molecule has 2 heterocycles. The summed E-state index contributed by atoms with van der Waals surface area (Å²) in [6.45, 7) is 2.14. The van der Waals surface area contributed by atoms with Gasteiger partial charge in [-0.1, -0.05) is 5.16 Å². The number of nitrogens with zero attached hydrogens (tertiary/aromatic N) is 2.